The number of piperidine rings is 1. The van der Waals surface area contributed by atoms with E-state index in [0.717, 1.165) is 12.8 Å². The standard InChI is InChI=1S/C10H17NO4/c1-2-6(9(12)13)7-4-3-5-8(11-7)10(14)15/h6-8,11H,2-5H2,1H3,(H,12,13)(H,14,15)/t6-,7+,8+/m1/s1. The molecule has 1 fully saturated rings. The number of carboxylic acid groups (broad SMARTS) is 2. The number of nitrogens with one attached hydrogen (secondary N) is 1. The van der Waals surface area contributed by atoms with Crippen LogP contribution in [0.3, 0.4) is 0 Å². The first kappa shape index (κ1) is 12.0. The van der Waals surface area contributed by atoms with E-state index in [9.17, 15) is 9.59 Å². The van der Waals surface area contributed by atoms with Gasteiger partial charge >= 0.3 is 11.9 Å². The SMILES string of the molecule is CC[C@@H](C(=O)O)[C@@H]1CCC[C@@H](C(=O)O)N1. The smallest absolute Gasteiger partial charge is 0.320 e. The maximum Gasteiger partial charge on any atom is 0.320 e. The minimum Gasteiger partial charge on any atom is -0.481 e. The zero-order valence-electron chi connectivity index (χ0n) is 8.77. The highest BCUT2D eigenvalue weighted by atomic mass is 16.4. The van der Waals surface area contributed by atoms with Gasteiger partial charge in [-0.05, 0) is 25.7 Å². The number of aliphatic carboxylic acids is 2. The summed E-state index contributed by atoms with van der Waals surface area (Å²) in [4.78, 5) is 21.7. The van der Waals surface area contributed by atoms with Gasteiger partial charge < -0.3 is 15.5 Å². The van der Waals surface area contributed by atoms with Gasteiger partial charge in [-0.25, -0.2) is 0 Å². The summed E-state index contributed by atoms with van der Waals surface area (Å²) in [6.45, 7) is 1.81. The van der Waals surface area contributed by atoms with Crippen LogP contribution in [0.1, 0.15) is 32.6 Å². The summed E-state index contributed by atoms with van der Waals surface area (Å²) < 4.78 is 0. The molecule has 1 heterocycles. The third-order valence-corrected chi connectivity index (χ3v) is 2.96. The molecule has 3 atom stereocenters. The minimum absolute atomic E-state index is 0.206. The third-order valence-electron chi connectivity index (χ3n) is 2.96. The van der Waals surface area contributed by atoms with E-state index in [1.165, 1.54) is 0 Å². The van der Waals surface area contributed by atoms with E-state index in [0.29, 0.717) is 12.8 Å². The average molecular weight is 215 g/mol. The van der Waals surface area contributed by atoms with E-state index in [1.807, 2.05) is 6.92 Å². The van der Waals surface area contributed by atoms with E-state index in [2.05, 4.69) is 5.32 Å². The Hall–Kier alpha value is -1.10. The molecule has 1 saturated heterocycles. The van der Waals surface area contributed by atoms with Crippen LogP contribution in [0.4, 0.5) is 0 Å². The Morgan fingerprint density at radius 1 is 1.40 bits per heavy atom. The van der Waals surface area contributed by atoms with Crippen molar-refractivity contribution in [1.82, 2.24) is 5.32 Å². The van der Waals surface area contributed by atoms with Crippen molar-refractivity contribution in [2.24, 2.45) is 5.92 Å². The first-order valence-electron chi connectivity index (χ1n) is 5.28. The van der Waals surface area contributed by atoms with E-state index >= 15 is 0 Å². The lowest BCUT2D eigenvalue weighted by Gasteiger charge is -2.32. The maximum atomic E-state index is 10.9. The molecule has 0 aliphatic carbocycles. The van der Waals surface area contributed by atoms with Crippen LogP contribution in [0, 0.1) is 5.92 Å². The Morgan fingerprint density at radius 2 is 2.07 bits per heavy atom. The summed E-state index contributed by atoms with van der Waals surface area (Å²) in [5.41, 5.74) is 0. The van der Waals surface area contributed by atoms with Crippen molar-refractivity contribution in [3.8, 4) is 0 Å². The van der Waals surface area contributed by atoms with Crippen molar-refractivity contribution < 1.29 is 19.8 Å². The van der Waals surface area contributed by atoms with Gasteiger partial charge in [0.05, 0.1) is 5.92 Å². The van der Waals surface area contributed by atoms with Crippen molar-refractivity contribution in [2.45, 2.75) is 44.7 Å². The molecule has 0 bridgehead atoms. The quantitative estimate of drug-likeness (QED) is 0.642. The molecule has 15 heavy (non-hydrogen) atoms. The van der Waals surface area contributed by atoms with Crippen LogP contribution in [-0.4, -0.2) is 34.2 Å². The number of hydrogen-bond donors (Lipinski definition) is 3. The highest BCUT2D eigenvalue weighted by molar-refractivity contribution is 5.74. The highest BCUT2D eigenvalue weighted by Crippen LogP contribution is 2.21. The molecule has 1 aliphatic heterocycles. The molecule has 3 N–H and O–H groups in total. The van der Waals surface area contributed by atoms with Crippen LogP contribution in [-0.2, 0) is 9.59 Å². The monoisotopic (exact) mass is 215 g/mol. The lowest BCUT2D eigenvalue weighted by molar-refractivity contribution is -0.146. The van der Waals surface area contributed by atoms with Crippen molar-refractivity contribution in [2.75, 3.05) is 0 Å². The molecule has 0 spiro atoms. The predicted octanol–water partition coefficient (Wildman–Crippen LogP) is 0.692. The second-order valence-electron chi connectivity index (χ2n) is 3.95. The van der Waals surface area contributed by atoms with Gasteiger partial charge in [0.25, 0.3) is 0 Å². The van der Waals surface area contributed by atoms with E-state index in [-0.39, 0.29) is 6.04 Å². The van der Waals surface area contributed by atoms with Crippen molar-refractivity contribution >= 4 is 11.9 Å². The van der Waals surface area contributed by atoms with Gasteiger partial charge in [0.1, 0.15) is 6.04 Å². The molecule has 5 heteroatoms. The van der Waals surface area contributed by atoms with E-state index in [1.54, 1.807) is 0 Å². The second kappa shape index (κ2) is 5.11. The Bertz CT molecular complexity index is 254. The van der Waals surface area contributed by atoms with Crippen LogP contribution >= 0.6 is 0 Å². The number of hydrogen-bond acceptors (Lipinski definition) is 3. The Balaban J connectivity index is 2.62. The molecule has 0 radical (unpaired) electrons. The van der Waals surface area contributed by atoms with Gasteiger partial charge in [-0.15, -0.1) is 0 Å². The predicted molar refractivity (Wildman–Crippen MR) is 53.6 cm³/mol. The van der Waals surface area contributed by atoms with Gasteiger partial charge in [0.2, 0.25) is 0 Å². The topological polar surface area (TPSA) is 86.6 Å². The summed E-state index contributed by atoms with van der Waals surface area (Å²) in [6, 6.07) is -0.792. The second-order valence-corrected chi connectivity index (χ2v) is 3.95. The third kappa shape index (κ3) is 2.92. The molecule has 0 unspecified atom stereocenters. The zero-order chi connectivity index (χ0) is 11.4. The number of carbonyl (C=O) groups is 2. The zero-order valence-corrected chi connectivity index (χ0v) is 8.77. The van der Waals surface area contributed by atoms with Crippen LogP contribution in [0.25, 0.3) is 0 Å². The molecule has 86 valence electrons. The maximum absolute atomic E-state index is 10.9. The first-order valence-corrected chi connectivity index (χ1v) is 5.28. The van der Waals surface area contributed by atoms with Gasteiger partial charge in [-0.3, -0.25) is 9.59 Å². The fraction of sp³-hybridized carbons (Fsp3) is 0.800. The largest absolute Gasteiger partial charge is 0.481 e. The van der Waals surface area contributed by atoms with Crippen LogP contribution in [0.2, 0.25) is 0 Å². The summed E-state index contributed by atoms with van der Waals surface area (Å²) in [5.74, 6) is -2.21. The van der Waals surface area contributed by atoms with E-state index < -0.39 is 23.9 Å². The molecule has 0 aromatic carbocycles. The van der Waals surface area contributed by atoms with Gasteiger partial charge in [-0.2, -0.15) is 0 Å². The minimum atomic E-state index is -0.889. The molecule has 1 rings (SSSR count). The van der Waals surface area contributed by atoms with Gasteiger partial charge in [0, 0.05) is 6.04 Å². The lowest BCUT2D eigenvalue weighted by Crippen LogP contribution is -2.51. The summed E-state index contributed by atoms with van der Waals surface area (Å²) in [6.07, 6.45) is 2.63. The fourth-order valence-electron chi connectivity index (χ4n) is 2.11. The molecular formula is C10H17NO4. The molecule has 0 aromatic rings. The van der Waals surface area contributed by atoms with Crippen LogP contribution in [0.15, 0.2) is 0 Å². The molecule has 0 amide bonds. The molecule has 0 saturated carbocycles. The van der Waals surface area contributed by atoms with E-state index in [4.69, 9.17) is 10.2 Å². The Morgan fingerprint density at radius 3 is 2.53 bits per heavy atom. The van der Waals surface area contributed by atoms with Crippen LogP contribution < -0.4 is 5.32 Å². The molecule has 0 aromatic heterocycles. The Labute approximate surface area is 88.5 Å². The Kier molecular flexibility index (Phi) is 4.08. The molecule has 5 nitrogen and oxygen atoms in total. The van der Waals surface area contributed by atoms with Gasteiger partial charge in [0.15, 0.2) is 0 Å². The van der Waals surface area contributed by atoms with Crippen molar-refractivity contribution in [3.63, 3.8) is 0 Å². The first-order chi connectivity index (χ1) is 7.06. The summed E-state index contributed by atoms with van der Waals surface area (Å²) >= 11 is 0. The van der Waals surface area contributed by atoms with Crippen molar-refractivity contribution in [3.05, 3.63) is 0 Å². The van der Waals surface area contributed by atoms with Crippen molar-refractivity contribution in [1.29, 1.82) is 0 Å². The number of rotatable bonds is 4. The number of carboxylic acids is 2. The fourth-order valence-corrected chi connectivity index (χ4v) is 2.11. The lowest BCUT2D eigenvalue weighted by atomic mass is 9.88. The summed E-state index contributed by atoms with van der Waals surface area (Å²) in [7, 11) is 0. The van der Waals surface area contributed by atoms with Gasteiger partial charge in [-0.1, -0.05) is 6.92 Å². The normalized spacial score (nSPS) is 28.3. The highest BCUT2D eigenvalue weighted by Gasteiger charge is 2.33. The van der Waals surface area contributed by atoms with Crippen LogP contribution in [0.5, 0.6) is 0 Å². The molecular weight excluding hydrogens is 198 g/mol. The summed E-state index contributed by atoms with van der Waals surface area (Å²) in [5, 5.41) is 20.7. The molecule has 1 aliphatic rings. The average Bonchev–Trinajstić information content (AvgIpc) is 2.18.